The van der Waals surface area contributed by atoms with Gasteiger partial charge in [-0.2, -0.15) is 0 Å². The molecule has 1 aliphatic heterocycles. The molecule has 1 fully saturated rings. The zero-order chi connectivity index (χ0) is 10.6. The number of amides is 1. The van der Waals surface area contributed by atoms with Crippen LogP contribution in [0.3, 0.4) is 0 Å². The van der Waals surface area contributed by atoms with Crippen LogP contribution in [0.5, 0.6) is 0 Å². The molecule has 0 spiro atoms. The molecule has 1 aliphatic rings. The molecule has 1 amide bonds. The molecule has 3 heteroatoms. The van der Waals surface area contributed by atoms with Crippen molar-refractivity contribution in [1.29, 1.82) is 0 Å². The Kier molecular flexibility index (Phi) is 4.39. The van der Waals surface area contributed by atoms with Crippen LogP contribution in [0.1, 0.15) is 33.6 Å². The van der Waals surface area contributed by atoms with Gasteiger partial charge in [0.25, 0.3) is 0 Å². The van der Waals surface area contributed by atoms with Gasteiger partial charge in [-0.15, -0.1) is 0 Å². The SMILES string of the molecule is CCC(CC)C(=O)N1CCOCC1C. The zero-order valence-corrected chi connectivity index (χ0v) is 9.45. The zero-order valence-electron chi connectivity index (χ0n) is 9.45. The Morgan fingerprint density at radius 1 is 1.50 bits per heavy atom. The van der Waals surface area contributed by atoms with Crippen LogP contribution in [-0.2, 0) is 9.53 Å². The second-order valence-corrected chi connectivity index (χ2v) is 3.97. The molecule has 0 saturated carbocycles. The van der Waals surface area contributed by atoms with E-state index in [0.29, 0.717) is 19.1 Å². The van der Waals surface area contributed by atoms with Crippen molar-refractivity contribution in [2.24, 2.45) is 5.92 Å². The van der Waals surface area contributed by atoms with Crippen LogP contribution in [0.25, 0.3) is 0 Å². The molecule has 0 aromatic heterocycles. The molecule has 0 aromatic rings. The summed E-state index contributed by atoms with van der Waals surface area (Å²) < 4.78 is 5.32. The van der Waals surface area contributed by atoms with E-state index in [1.165, 1.54) is 0 Å². The molecule has 14 heavy (non-hydrogen) atoms. The lowest BCUT2D eigenvalue weighted by Crippen LogP contribution is -2.49. The lowest BCUT2D eigenvalue weighted by molar-refractivity contribution is -0.143. The largest absolute Gasteiger partial charge is 0.377 e. The van der Waals surface area contributed by atoms with E-state index in [1.54, 1.807) is 0 Å². The van der Waals surface area contributed by atoms with E-state index in [2.05, 4.69) is 20.8 Å². The number of morpholine rings is 1. The van der Waals surface area contributed by atoms with Gasteiger partial charge in [0.2, 0.25) is 5.91 Å². The first kappa shape index (κ1) is 11.5. The van der Waals surface area contributed by atoms with Crippen LogP contribution in [0.4, 0.5) is 0 Å². The summed E-state index contributed by atoms with van der Waals surface area (Å²) in [5.41, 5.74) is 0. The molecule has 1 unspecified atom stereocenters. The van der Waals surface area contributed by atoms with Crippen molar-refractivity contribution in [3.63, 3.8) is 0 Å². The first-order valence-electron chi connectivity index (χ1n) is 5.58. The van der Waals surface area contributed by atoms with Crippen molar-refractivity contribution in [1.82, 2.24) is 4.90 Å². The van der Waals surface area contributed by atoms with Gasteiger partial charge >= 0.3 is 0 Å². The fourth-order valence-electron chi connectivity index (χ4n) is 1.93. The molecule has 1 saturated heterocycles. The molecule has 0 radical (unpaired) electrons. The van der Waals surface area contributed by atoms with E-state index in [9.17, 15) is 4.79 Å². The van der Waals surface area contributed by atoms with E-state index < -0.39 is 0 Å². The number of carbonyl (C=O) groups excluding carboxylic acids is 1. The Labute approximate surface area is 86.4 Å². The average molecular weight is 199 g/mol. The summed E-state index contributed by atoms with van der Waals surface area (Å²) in [7, 11) is 0. The normalized spacial score (nSPS) is 22.9. The van der Waals surface area contributed by atoms with Crippen LogP contribution in [0.15, 0.2) is 0 Å². The lowest BCUT2D eigenvalue weighted by atomic mass is 10.0. The van der Waals surface area contributed by atoms with E-state index in [1.807, 2.05) is 4.90 Å². The summed E-state index contributed by atoms with van der Waals surface area (Å²) >= 11 is 0. The minimum Gasteiger partial charge on any atom is -0.377 e. The maximum atomic E-state index is 12.0. The van der Waals surface area contributed by atoms with E-state index in [0.717, 1.165) is 19.4 Å². The van der Waals surface area contributed by atoms with Gasteiger partial charge in [-0.25, -0.2) is 0 Å². The van der Waals surface area contributed by atoms with E-state index in [4.69, 9.17) is 4.74 Å². The number of ether oxygens (including phenoxy) is 1. The maximum Gasteiger partial charge on any atom is 0.226 e. The van der Waals surface area contributed by atoms with Gasteiger partial charge in [-0.3, -0.25) is 4.79 Å². The summed E-state index contributed by atoms with van der Waals surface area (Å²) in [5.74, 6) is 0.515. The van der Waals surface area contributed by atoms with Gasteiger partial charge in [0.05, 0.1) is 19.3 Å². The molecule has 0 bridgehead atoms. The first-order valence-corrected chi connectivity index (χ1v) is 5.58. The highest BCUT2D eigenvalue weighted by molar-refractivity contribution is 5.79. The van der Waals surface area contributed by atoms with Gasteiger partial charge in [0.15, 0.2) is 0 Å². The van der Waals surface area contributed by atoms with Crippen LogP contribution >= 0.6 is 0 Å². The summed E-state index contributed by atoms with van der Waals surface area (Å²) in [6, 6.07) is 0.247. The molecule has 1 heterocycles. The Morgan fingerprint density at radius 2 is 2.14 bits per heavy atom. The highest BCUT2D eigenvalue weighted by atomic mass is 16.5. The molecular formula is C11H21NO2. The monoisotopic (exact) mass is 199 g/mol. The van der Waals surface area contributed by atoms with Crippen LogP contribution < -0.4 is 0 Å². The third-order valence-corrected chi connectivity index (χ3v) is 2.99. The third kappa shape index (κ3) is 2.47. The van der Waals surface area contributed by atoms with Crippen LogP contribution in [0.2, 0.25) is 0 Å². The average Bonchev–Trinajstić information content (AvgIpc) is 2.20. The minimum atomic E-state index is 0.204. The van der Waals surface area contributed by atoms with Crippen LogP contribution in [-0.4, -0.2) is 36.6 Å². The molecule has 1 rings (SSSR count). The van der Waals surface area contributed by atoms with Crippen molar-refractivity contribution in [2.45, 2.75) is 39.7 Å². The summed E-state index contributed by atoms with van der Waals surface area (Å²) in [6.07, 6.45) is 1.89. The van der Waals surface area contributed by atoms with Crippen molar-refractivity contribution in [3.05, 3.63) is 0 Å². The number of hydrogen-bond donors (Lipinski definition) is 0. The molecule has 0 aliphatic carbocycles. The Morgan fingerprint density at radius 3 is 2.64 bits per heavy atom. The minimum absolute atomic E-state index is 0.204. The molecular weight excluding hydrogens is 178 g/mol. The molecule has 0 aromatic carbocycles. The van der Waals surface area contributed by atoms with Gasteiger partial charge in [0, 0.05) is 12.5 Å². The summed E-state index contributed by atoms with van der Waals surface area (Å²) in [6.45, 7) is 8.35. The lowest BCUT2D eigenvalue weighted by Gasteiger charge is -2.35. The van der Waals surface area contributed by atoms with E-state index in [-0.39, 0.29) is 12.0 Å². The second kappa shape index (κ2) is 5.35. The molecule has 3 nitrogen and oxygen atoms in total. The van der Waals surface area contributed by atoms with Crippen molar-refractivity contribution >= 4 is 5.91 Å². The number of carbonyl (C=O) groups is 1. The number of hydrogen-bond acceptors (Lipinski definition) is 2. The van der Waals surface area contributed by atoms with Crippen LogP contribution in [0, 0.1) is 5.92 Å². The highest BCUT2D eigenvalue weighted by Crippen LogP contribution is 2.16. The molecule has 1 atom stereocenters. The fourth-order valence-corrected chi connectivity index (χ4v) is 1.93. The maximum absolute atomic E-state index is 12.0. The van der Waals surface area contributed by atoms with Crippen molar-refractivity contribution < 1.29 is 9.53 Å². The number of nitrogens with zero attached hydrogens (tertiary/aromatic N) is 1. The standard InChI is InChI=1S/C11H21NO2/c1-4-10(5-2)11(13)12-6-7-14-8-9(12)3/h9-10H,4-8H2,1-3H3. The Bertz CT molecular complexity index is 190. The molecule has 0 N–H and O–H groups in total. The Balaban J connectivity index is 2.57. The first-order chi connectivity index (χ1) is 6.70. The van der Waals surface area contributed by atoms with Gasteiger partial charge < -0.3 is 9.64 Å². The third-order valence-electron chi connectivity index (χ3n) is 2.99. The predicted molar refractivity (Wildman–Crippen MR) is 56.1 cm³/mol. The highest BCUT2D eigenvalue weighted by Gasteiger charge is 2.27. The Hall–Kier alpha value is -0.570. The smallest absolute Gasteiger partial charge is 0.226 e. The van der Waals surface area contributed by atoms with Gasteiger partial charge in [-0.05, 0) is 19.8 Å². The quantitative estimate of drug-likeness (QED) is 0.692. The summed E-state index contributed by atoms with van der Waals surface area (Å²) in [4.78, 5) is 14.0. The van der Waals surface area contributed by atoms with Gasteiger partial charge in [0.1, 0.15) is 0 Å². The van der Waals surface area contributed by atoms with Gasteiger partial charge in [-0.1, -0.05) is 13.8 Å². The van der Waals surface area contributed by atoms with Crippen molar-refractivity contribution in [2.75, 3.05) is 19.8 Å². The topological polar surface area (TPSA) is 29.5 Å². The fraction of sp³-hybridized carbons (Fsp3) is 0.909. The van der Waals surface area contributed by atoms with Crippen molar-refractivity contribution in [3.8, 4) is 0 Å². The predicted octanol–water partition coefficient (Wildman–Crippen LogP) is 1.67. The molecule has 82 valence electrons. The summed E-state index contributed by atoms with van der Waals surface area (Å²) in [5, 5.41) is 0. The second-order valence-electron chi connectivity index (χ2n) is 3.97. The number of rotatable bonds is 3. The van der Waals surface area contributed by atoms with E-state index >= 15 is 0 Å².